The molecule has 1 aliphatic rings. The molecule has 0 aromatic carbocycles. The predicted octanol–water partition coefficient (Wildman–Crippen LogP) is -0.0911. The Morgan fingerprint density at radius 2 is 1.70 bits per heavy atom. The zero-order valence-corrected chi connectivity index (χ0v) is 5.99. The summed E-state index contributed by atoms with van der Waals surface area (Å²) >= 11 is 0. The van der Waals surface area contributed by atoms with E-state index in [0.717, 1.165) is 25.7 Å². The fraction of sp³-hybridized carbons (Fsp3) is 1.00. The fourth-order valence-electron chi connectivity index (χ4n) is 1.36. The standard InChI is InChI=1S/C6H14N3O/c7-5-1-3-6(4-2-5)9(8)10/h5-6H,1-4,7H2,(H2,8,10)/q+1. The van der Waals surface area contributed by atoms with Crippen LogP contribution in [0.25, 0.3) is 0 Å². The van der Waals surface area contributed by atoms with Crippen molar-refractivity contribution in [2.24, 2.45) is 11.6 Å². The van der Waals surface area contributed by atoms with Gasteiger partial charge in [0.15, 0.2) is 0 Å². The van der Waals surface area contributed by atoms with Crippen LogP contribution in [0, 0.1) is 4.91 Å². The summed E-state index contributed by atoms with van der Waals surface area (Å²) in [6.07, 6.45) is 3.56. The molecule has 0 bridgehead atoms. The maximum atomic E-state index is 10.6. The van der Waals surface area contributed by atoms with Gasteiger partial charge in [-0.25, -0.2) is 0 Å². The van der Waals surface area contributed by atoms with E-state index in [9.17, 15) is 4.91 Å². The maximum absolute atomic E-state index is 10.6. The zero-order valence-electron chi connectivity index (χ0n) is 5.99. The van der Waals surface area contributed by atoms with Crippen molar-refractivity contribution in [1.82, 2.24) is 0 Å². The molecule has 4 heteroatoms. The van der Waals surface area contributed by atoms with Crippen molar-refractivity contribution in [2.75, 3.05) is 0 Å². The van der Waals surface area contributed by atoms with Crippen molar-refractivity contribution in [3.63, 3.8) is 0 Å². The van der Waals surface area contributed by atoms with E-state index in [0.29, 0.717) is 4.87 Å². The largest absolute Gasteiger partial charge is 0.328 e. The number of hydrogen-bond acceptors (Lipinski definition) is 2. The van der Waals surface area contributed by atoms with Gasteiger partial charge in [0.25, 0.3) is 0 Å². The normalized spacial score (nSPS) is 33.7. The molecule has 0 atom stereocenters. The van der Waals surface area contributed by atoms with E-state index >= 15 is 0 Å². The van der Waals surface area contributed by atoms with Gasteiger partial charge >= 0.3 is 0 Å². The summed E-state index contributed by atoms with van der Waals surface area (Å²) < 4.78 is 0. The minimum absolute atomic E-state index is 0.0137. The Morgan fingerprint density at radius 1 is 1.20 bits per heavy atom. The summed E-state index contributed by atoms with van der Waals surface area (Å²) in [7, 11) is 0. The summed E-state index contributed by atoms with van der Waals surface area (Å²) in [6, 6.07) is 0.302. The molecule has 58 valence electrons. The molecule has 0 amide bonds. The quantitative estimate of drug-likeness (QED) is 0.307. The summed E-state index contributed by atoms with van der Waals surface area (Å²) in [5, 5.41) is 0. The Bertz CT molecular complexity index is 129. The molecule has 10 heavy (non-hydrogen) atoms. The van der Waals surface area contributed by atoms with E-state index < -0.39 is 0 Å². The zero-order chi connectivity index (χ0) is 7.56. The molecule has 0 aromatic rings. The highest BCUT2D eigenvalue weighted by atomic mass is 16.3. The molecule has 0 unspecified atom stereocenters. The van der Waals surface area contributed by atoms with Crippen LogP contribution in [0.3, 0.4) is 0 Å². The second-order valence-electron chi connectivity index (χ2n) is 2.93. The van der Waals surface area contributed by atoms with E-state index in [-0.39, 0.29) is 12.1 Å². The number of hydrogen-bond donors (Lipinski definition) is 2. The van der Waals surface area contributed by atoms with Crippen molar-refractivity contribution in [3.8, 4) is 0 Å². The van der Waals surface area contributed by atoms with Gasteiger partial charge in [0, 0.05) is 18.9 Å². The predicted molar refractivity (Wildman–Crippen MR) is 38.0 cm³/mol. The number of nitrogens with two attached hydrogens (primary N) is 2. The van der Waals surface area contributed by atoms with Crippen LogP contribution in [0.15, 0.2) is 0 Å². The molecule has 0 heterocycles. The first-order chi connectivity index (χ1) is 4.70. The molecule has 4 nitrogen and oxygen atoms in total. The van der Waals surface area contributed by atoms with Crippen molar-refractivity contribution in [2.45, 2.75) is 37.8 Å². The van der Waals surface area contributed by atoms with Crippen LogP contribution < -0.4 is 11.6 Å². The van der Waals surface area contributed by atoms with Gasteiger partial charge in [-0.1, -0.05) is 0 Å². The summed E-state index contributed by atoms with van der Waals surface area (Å²) in [5.74, 6) is 5.05. The molecule has 4 N–H and O–H groups in total. The van der Waals surface area contributed by atoms with E-state index in [2.05, 4.69) is 0 Å². The third-order valence-corrected chi connectivity index (χ3v) is 2.10. The first-order valence-electron chi connectivity index (χ1n) is 3.67. The smallest absolute Gasteiger partial charge is 0.234 e. The van der Waals surface area contributed by atoms with Gasteiger partial charge in [0.1, 0.15) is 4.87 Å². The second-order valence-corrected chi connectivity index (χ2v) is 2.93. The number of rotatable bonds is 1. The third-order valence-electron chi connectivity index (χ3n) is 2.10. The Morgan fingerprint density at radius 3 is 2.10 bits per heavy atom. The monoisotopic (exact) mass is 144 g/mol. The molecule has 0 aliphatic heterocycles. The minimum atomic E-state index is 0.0137. The van der Waals surface area contributed by atoms with Gasteiger partial charge < -0.3 is 5.73 Å². The lowest BCUT2D eigenvalue weighted by atomic mass is 9.92. The third kappa shape index (κ3) is 1.67. The van der Waals surface area contributed by atoms with E-state index in [1.54, 1.807) is 0 Å². The van der Waals surface area contributed by atoms with Crippen LogP contribution in [0.2, 0.25) is 0 Å². The molecular weight excluding hydrogens is 130 g/mol. The number of nitrogens with zero attached hydrogens (tertiary/aromatic N) is 1. The average Bonchev–Trinajstić information content (AvgIpc) is 1.88. The molecule has 1 fully saturated rings. The van der Waals surface area contributed by atoms with Crippen LogP contribution in [0.4, 0.5) is 0 Å². The Hall–Kier alpha value is -0.640. The van der Waals surface area contributed by atoms with Crippen LogP contribution in [-0.4, -0.2) is 17.0 Å². The highest BCUT2D eigenvalue weighted by Crippen LogP contribution is 2.17. The van der Waals surface area contributed by atoms with Gasteiger partial charge in [0.2, 0.25) is 6.04 Å². The lowest BCUT2D eigenvalue weighted by Gasteiger charge is -2.18. The molecule has 0 radical (unpaired) electrons. The van der Waals surface area contributed by atoms with Crippen molar-refractivity contribution in [3.05, 3.63) is 4.91 Å². The summed E-state index contributed by atoms with van der Waals surface area (Å²) in [6.45, 7) is 0. The SMILES string of the molecule is NC1CCC([N+](N)=O)CC1. The van der Waals surface area contributed by atoms with E-state index in [4.69, 9.17) is 11.6 Å². The van der Waals surface area contributed by atoms with E-state index in [1.807, 2.05) is 0 Å². The lowest BCUT2D eigenvalue weighted by molar-refractivity contribution is -0.600. The molecule has 1 aliphatic carbocycles. The minimum Gasteiger partial charge on any atom is -0.328 e. The maximum Gasteiger partial charge on any atom is 0.234 e. The molecular formula is C6H14N3O+. The van der Waals surface area contributed by atoms with E-state index in [1.165, 1.54) is 0 Å². The Labute approximate surface area is 60.1 Å². The average molecular weight is 144 g/mol. The van der Waals surface area contributed by atoms with Crippen LogP contribution in [0.5, 0.6) is 0 Å². The molecule has 1 rings (SSSR count). The molecule has 0 saturated heterocycles. The summed E-state index contributed by atoms with van der Waals surface area (Å²) in [4.78, 5) is 11.1. The molecule has 1 saturated carbocycles. The topological polar surface area (TPSA) is 72.1 Å². The number of hydrazine groups is 1. The highest BCUT2D eigenvalue weighted by molar-refractivity contribution is 4.72. The van der Waals surface area contributed by atoms with Crippen molar-refractivity contribution < 1.29 is 4.87 Å². The second kappa shape index (κ2) is 2.96. The van der Waals surface area contributed by atoms with Gasteiger partial charge in [0.05, 0.1) is 4.91 Å². The highest BCUT2D eigenvalue weighted by Gasteiger charge is 2.28. The molecule has 0 aromatic heterocycles. The fourth-order valence-corrected chi connectivity index (χ4v) is 1.36. The first kappa shape index (κ1) is 7.47. The van der Waals surface area contributed by atoms with Crippen molar-refractivity contribution >= 4 is 0 Å². The number of nitroso groups, excluding NO2 is 1. The van der Waals surface area contributed by atoms with Gasteiger partial charge in [-0.15, -0.1) is 0 Å². The molecule has 0 spiro atoms. The lowest BCUT2D eigenvalue weighted by Crippen LogP contribution is -2.37. The van der Waals surface area contributed by atoms with Crippen LogP contribution in [0.1, 0.15) is 25.7 Å². The van der Waals surface area contributed by atoms with Gasteiger partial charge in [-0.3, -0.25) is 0 Å². The van der Waals surface area contributed by atoms with Gasteiger partial charge in [-0.05, 0) is 12.8 Å². The van der Waals surface area contributed by atoms with Gasteiger partial charge in [-0.2, -0.15) is 5.84 Å². The van der Waals surface area contributed by atoms with Crippen LogP contribution >= 0.6 is 0 Å². The van der Waals surface area contributed by atoms with Crippen LogP contribution in [-0.2, 0) is 0 Å². The first-order valence-corrected chi connectivity index (χ1v) is 3.67. The Kier molecular flexibility index (Phi) is 2.21. The Balaban J connectivity index is 2.33. The van der Waals surface area contributed by atoms with Crippen molar-refractivity contribution in [1.29, 1.82) is 0 Å². The summed E-state index contributed by atoms with van der Waals surface area (Å²) in [5.41, 5.74) is 5.64.